The fraction of sp³-hybridized carbons (Fsp3) is 0.333. The van der Waals surface area contributed by atoms with Gasteiger partial charge in [0.25, 0.3) is 11.8 Å². The number of aromatic hydroxyl groups is 1. The van der Waals surface area contributed by atoms with Crippen LogP contribution in [0.25, 0.3) is 6.08 Å². The molecule has 2 aromatic rings. The maximum absolute atomic E-state index is 12.9. The van der Waals surface area contributed by atoms with Gasteiger partial charge in [-0.3, -0.25) is 15.0 Å². The fourth-order valence-corrected chi connectivity index (χ4v) is 3.37. The van der Waals surface area contributed by atoms with E-state index in [0.717, 1.165) is 11.1 Å². The van der Waals surface area contributed by atoms with E-state index in [1.54, 1.807) is 18.2 Å². The Labute approximate surface area is 172 Å². The van der Waals surface area contributed by atoms with Gasteiger partial charge in [-0.15, -0.1) is 0 Å². The molecular formula is C24H28N2O3. The zero-order valence-corrected chi connectivity index (χ0v) is 17.8. The van der Waals surface area contributed by atoms with Crippen molar-refractivity contribution in [2.24, 2.45) is 0 Å². The van der Waals surface area contributed by atoms with E-state index in [2.05, 4.69) is 5.43 Å². The highest BCUT2D eigenvalue weighted by Crippen LogP contribution is 2.40. The minimum atomic E-state index is -0.443. The van der Waals surface area contributed by atoms with Crippen LogP contribution in [-0.2, 0) is 20.4 Å². The maximum Gasteiger partial charge on any atom is 0.282 e. The Kier molecular flexibility index (Phi) is 5.03. The SMILES string of the molecule is CC(C)(C)c1cc(C=C2C(=O)NN(c3ccccc3)C2=O)cc(C(C)(C)C)c1O. The molecule has 2 aromatic carbocycles. The molecule has 1 aliphatic rings. The van der Waals surface area contributed by atoms with Gasteiger partial charge >= 0.3 is 0 Å². The number of hydrogen-bond acceptors (Lipinski definition) is 3. The van der Waals surface area contributed by atoms with Crippen molar-refractivity contribution in [2.75, 3.05) is 5.01 Å². The first kappa shape index (κ1) is 20.6. The lowest BCUT2D eigenvalue weighted by Gasteiger charge is -2.28. The monoisotopic (exact) mass is 392 g/mol. The number of amides is 2. The molecule has 0 aromatic heterocycles. The highest BCUT2D eigenvalue weighted by molar-refractivity contribution is 6.31. The van der Waals surface area contributed by atoms with Crippen molar-refractivity contribution in [3.05, 3.63) is 64.7 Å². The molecule has 0 radical (unpaired) electrons. The van der Waals surface area contributed by atoms with Crippen molar-refractivity contribution in [3.63, 3.8) is 0 Å². The lowest BCUT2D eigenvalue weighted by Crippen LogP contribution is -2.35. The van der Waals surface area contributed by atoms with Crippen LogP contribution in [0.15, 0.2) is 48.0 Å². The van der Waals surface area contributed by atoms with Crippen LogP contribution in [0, 0.1) is 0 Å². The summed E-state index contributed by atoms with van der Waals surface area (Å²) in [6.45, 7) is 12.1. The molecule has 1 fully saturated rings. The number of phenolic OH excluding ortho intramolecular Hbond substituents is 1. The molecule has 0 unspecified atom stereocenters. The largest absolute Gasteiger partial charge is 0.507 e. The summed E-state index contributed by atoms with van der Waals surface area (Å²) >= 11 is 0. The van der Waals surface area contributed by atoms with E-state index < -0.39 is 11.8 Å². The van der Waals surface area contributed by atoms with E-state index in [-0.39, 0.29) is 22.2 Å². The third-order valence-electron chi connectivity index (χ3n) is 4.97. The minimum Gasteiger partial charge on any atom is -0.507 e. The lowest BCUT2D eigenvalue weighted by atomic mass is 9.78. The second-order valence-electron chi connectivity index (χ2n) is 9.44. The Hall–Kier alpha value is -3.08. The van der Waals surface area contributed by atoms with Gasteiger partial charge in [-0.2, -0.15) is 0 Å². The summed E-state index contributed by atoms with van der Waals surface area (Å²) in [4.78, 5) is 25.4. The third-order valence-corrected chi connectivity index (χ3v) is 4.97. The number of nitrogens with zero attached hydrogens (tertiary/aromatic N) is 1. The predicted molar refractivity (Wildman–Crippen MR) is 116 cm³/mol. The topological polar surface area (TPSA) is 69.6 Å². The summed E-state index contributed by atoms with van der Waals surface area (Å²) in [6.07, 6.45) is 1.60. The molecule has 0 bridgehead atoms. The van der Waals surface area contributed by atoms with E-state index in [1.807, 2.05) is 71.9 Å². The molecule has 0 aliphatic carbocycles. The molecule has 1 heterocycles. The van der Waals surface area contributed by atoms with E-state index in [9.17, 15) is 14.7 Å². The number of anilines is 1. The molecule has 5 heteroatoms. The Balaban J connectivity index is 2.10. The van der Waals surface area contributed by atoms with Gasteiger partial charge in [0.1, 0.15) is 11.3 Å². The summed E-state index contributed by atoms with van der Waals surface area (Å²) < 4.78 is 0. The molecule has 1 saturated heterocycles. The number of carbonyl (C=O) groups excluding carboxylic acids is 2. The zero-order chi connectivity index (χ0) is 21.6. The van der Waals surface area contributed by atoms with Crippen LogP contribution < -0.4 is 10.4 Å². The number of hydrogen-bond donors (Lipinski definition) is 2. The molecule has 29 heavy (non-hydrogen) atoms. The number of carbonyl (C=O) groups is 2. The van der Waals surface area contributed by atoms with Gasteiger partial charge in [-0.05, 0) is 46.7 Å². The second kappa shape index (κ2) is 7.07. The van der Waals surface area contributed by atoms with Crippen molar-refractivity contribution in [3.8, 4) is 5.75 Å². The van der Waals surface area contributed by atoms with Crippen LogP contribution in [0.5, 0.6) is 5.75 Å². The van der Waals surface area contributed by atoms with Gasteiger partial charge in [-0.1, -0.05) is 59.7 Å². The highest BCUT2D eigenvalue weighted by atomic mass is 16.3. The Bertz CT molecular complexity index is 958. The van der Waals surface area contributed by atoms with Crippen LogP contribution in [0.4, 0.5) is 5.69 Å². The number of hydrazine groups is 1. The van der Waals surface area contributed by atoms with E-state index in [0.29, 0.717) is 11.3 Å². The van der Waals surface area contributed by atoms with Crippen molar-refractivity contribution in [2.45, 2.75) is 52.4 Å². The number of rotatable bonds is 2. The Morgan fingerprint density at radius 1 is 0.897 bits per heavy atom. The average Bonchev–Trinajstić information content (AvgIpc) is 2.90. The third kappa shape index (κ3) is 4.04. The molecule has 1 aliphatic heterocycles. The van der Waals surface area contributed by atoms with Crippen molar-refractivity contribution < 1.29 is 14.7 Å². The lowest BCUT2D eigenvalue weighted by molar-refractivity contribution is -0.117. The van der Waals surface area contributed by atoms with Gasteiger partial charge < -0.3 is 5.11 Å². The summed E-state index contributed by atoms with van der Waals surface area (Å²) in [7, 11) is 0. The number of nitrogens with one attached hydrogen (secondary N) is 1. The first-order valence-corrected chi connectivity index (χ1v) is 9.70. The van der Waals surface area contributed by atoms with Gasteiger partial charge in [0, 0.05) is 11.1 Å². The minimum absolute atomic E-state index is 0.0688. The maximum atomic E-state index is 12.9. The van der Waals surface area contributed by atoms with Crippen molar-refractivity contribution in [1.29, 1.82) is 0 Å². The molecule has 2 N–H and O–H groups in total. The summed E-state index contributed by atoms with van der Waals surface area (Å²) in [6, 6.07) is 12.7. The summed E-state index contributed by atoms with van der Waals surface area (Å²) in [5, 5.41) is 12.1. The van der Waals surface area contributed by atoms with E-state index in [4.69, 9.17) is 0 Å². The van der Waals surface area contributed by atoms with Gasteiger partial charge in [0.15, 0.2) is 0 Å². The first-order valence-electron chi connectivity index (χ1n) is 9.70. The molecule has 0 atom stereocenters. The molecule has 152 valence electrons. The predicted octanol–water partition coefficient (Wildman–Crippen LogP) is 4.45. The first-order chi connectivity index (χ1) is 13.4. The number of benzene rings is 2. The fourth-order valence-electron chi connectivity index (χ4n) is 3.37. The van der Waals surface area contributed by atoms with Crippen LogP contribution >= 0.6 is 0 Å². The van der Waals surface area contributed by atoms with Gasteiger partial charge in [-0.25, -0.2) is 5.01 Å². The molecule has 0 spiro atoms. The van der Waals surface area contributed by atoms with Crippen LogP contribution in [-0.4, -0.2) is 16.9 Å². The Morgan fingerprint density at radius 2 is 1.41 bits per heavy atom. The molecule has 5 nitrogen and oxygen atoms in total. The van der Waals surface area contributed by atoms with E-state index >= 15 is 0 Å². The summed E-state index contributed by atoms with van der Waals surface area (Å²) in [5.41, 5.74) is 4.97. The van der Waals surface area contributed by atoms with E-state index in [1.165, 1.54) is 5.01 Å². The molecular weight excluding hydrogens is 364 g/mol. The normalized spacial score (nSPS) is 16.5. The van der Waals surface area contributed by atoms with Crippen LogP contribution in [0.2, 0.25) is 0 Å². The molecule has 3 rings (SSSR count). The standard InChI is InChI=1S/C24H28N2O3/c1-23(2,3)18-13-15(14-19(20(18)27)24(4,5)6)12-17-21(28)25-26(22(17)29)16-10-8-7-9-11-16/h7-14,27H,1-6H3,(H,25,28). The van der Waals surface area contributed by atoms with Crippen LogP contribution in [0.1, 0.15) is 58.2 Å². The number of phenols is 1. The summed E-state index contributed by atoms with van der Waals surface area (Å²) in [5.74, 6) is -0.578. The zero-order valence-electron chi connectivity index (χ0n) is 17.8. The van der Waals surface area contributed by atoms with Gasteiger partial charge in [0.2, 0.25) is 0 Å². The quantitative estimate of drug-likeness (QED) is 0.586. The Morgan fingerprint density at radius 3 is 1.90 bits per heavy atom. The van der Waals surface area contributed by atoms with Crippen molar-refractivity contribution in [1.82, 2.24) is 5.43 Å². The van der Waals surface area contributed by atoms with Crippen LogP contribution in [0.3, 0.4) is 0 Å². The molecule has 0 saturated carbocycles. The average molecular weight is 392 g/mol. The second-order valence-corrected chi connectivity index (χ2v) is 9.44. The highest BCUT2D eigenvalue weighted by Gasteiger charge is 2.35. The smallest absolute Gasteiger partial charge is 0.282 e. The number of para-hydroxylation sites is 1. The van der Waals surface area contributed by atoms with Crippen molar-refractivity contribution >= 4 is 23.6 Å². The van der Waals surface area contributed by atoms with Gasteiger partial charge in [0.05, 0.1) is 5.69 Å². The molecule has 2 amide bonds.